The molecule has 0 unspecified atom stereocenters. The fourth-order valence-corrected chi connectivity index (χ4v) is 3.68. The van der Waals surface area contributed by atoms with E-state index in [1.165, 1.54) is 19.2 Å². The smallest absolute Gasteiger partial charge is 0.334 e. The van der Waals surface area contributed by atoms with Crippen LogP contribution in [0.1, 0.15) is 28.7 Å². The molecule has 0 atom stereocenters. The number of aryl methyl sites for hydroxylation is 2. The lowest BCUT2D eigenvalue weighted by atomic mass is 9.92. The molecule has 2 aromatic carbocycles. The van der Waals surface area contributed by atoms with Crippen LogP contribution in [-0.4, -0.2) is 44.2 Å². The second-order valence-electron chi connectivity index (χ2n) is 7.46. The summed E-state index contributed by atoms with van der Waals surface area (Å²) < 4.78 is 24.4. The van der Waals surface area contributed by atoms with E-state index in [1.54, 1.807) is 12.3 Å². The zero-order valence-electron chi connectivity index (χ0n) is 17.8. The summed E-state index contributed by atoms with van der Waals surface area (Å²) in [7, 11) is 1.40. The van der Waals surface area contributed by atoms with Crippen LogP contribution < -0.4 is 0 Å². The van der Waals surface area contributed by atoms with Crippen molar-refractivity contribution in [2.24, 2.45) is 0 Å². The Labute approximate surface area is 177 Å². The van der Waals surface area contributed by atoms with E-state index in [4.69, 9.17) is 9.47 Å². The third kappa shape index (κ3) is 5.36. The van der Waals surface area contributed by atoms with Crippen molar-refractivity contribution < 1.29 is 18.7 Å². The molecule has 1 aliphatic heterocycles. The molecule has 158 valence electrons. The summed E-state index contributed by atoms with van der Waals surface area (Å²) in [4.78, 5) is 13.9. The molecule has 30 heavy (non-hydrogen) atoms. The van der Waals surface area contributed by atoms with Gasteiger partial charge in [0, 0.05) is 30.8 Å². The molecule has 0 saturated carbocycles. The molecule has 0 bridgehead atoms. The van der Waals surface area contributed by atoms with Crippen LogP contribution in [0, 0.1) is 19.7 Å². The second-order valence-corrected chi connectivity index (χ2v) is 7.46. The number of ether oxygens (including phenoxy) is 2. The molecule has 0 N–H and O–H groups in total. The first-order valence-corrected chi connectivity index (χ1v) is 10.1. The van der Waals surface area contributed by atoms with Crippen molar-refractivity contribution in [3.8, 4) is 0 Å². The highest BCUT2D eigenvalue weighted by molar-refractivity contribution is 5.89. The van der Waals surface area contributed by atoms with Crippen molar-refractivity contribution in [3.63, 3.8) is 0 Å². The predicted molar refractivity (Wildman–Crippen MR) is 117 cm³/mol. The highest BCUT2D eigenvalue weighted by Crippen LogP contribution is 2.29. The minimum absolute atomic E-state index is 0.249. The minimum Gasteiger partial charge on any atom is -0.499 e. The molecule has 0 saturated heterocycles. The molecule has 2 aromatic rings. The van der Waals surface area contributed by atoms with Crippen molar-refractivity contribution in [1.82, 2.24) is 4.90 Å². The van der Waals surface area contributed by atoms with Gasteiger partial charge in [-0.3, -0.25) is 4.90 Å². The summed E-state index contributed by atoms with van der Waals surface area (Å²) >= 11 is 0. The van der Waals surface area contributed by atoms with Gasteiger partial charge in [-0.05, 0) is 54.7 Å². The number of benzene rings is 2. The Balaban J connectivity index is 1.73. The SMILES string of the molecule is COC(=O)C1=CCCN(CCOC=C(c2ccccc2C)c2ccc(F)cc2C)C1. The maximum Gasteiger partial charge on any atom is 0.334 e. The minimum atomic E-state index is -0.269. The predicted octanol–water partition coefficient (Wildman–Crippen LogP) is 4.65. The number of hydrogen-bond donors (Lipinski definition) is 0. The molecule has 0 aliphatic carbocycles. The fraction of sp³-hybridized carbons (Fsp3) is 0.320. The quantitative estimate of drug-likeness (QED) is 0.379. The third-order valence-corrected chi connectivity index (χ3v) is 5.32. The second kappa shape index (κ2) is 10.2. The zero-order valence-corrected chi connectivity index (χ0v) is 17.8. The maximum absolute atomic E-state index is 13.6. The van der Waals surface area contributed by atoms with E-state index in [9.17, 15) is 9.18 Å². The van der Waals surface area contributed by atoms with E-state index < -0.39 is 0 Å². The molecule has 1 aliphatic rings. The number of hydrogen-bond acceptors (Lipinski definition) is 4. The first-order valence-electron chi connectivity index (χ1n) is 10.1. The molecule has 3 rings (SSSR count). The normalized spacial score (nSPS) is 14.9. The summed E-state index contributed by atoms with van der Waals surface area (Å²) in [5.74, 6) is -0.519. The number of nitrogens with zero attached hydrogens (tertiary/aromatic N) is 1. The van der Waals surface area contributed by atoms with Gasteiger partial charge in [0.2, 0.25) is 0 Å². The van der Waals surface area contributed by atoms with Crippen molar-refractivity contribution in [2.75, 3.05) is 33.4 Å². The lowest BCUT2D eigenvalue weighted by Crippen LogP contribution is -2.34. The van der Waals surface area contributed by atoms with Gasteiger partial charge in [-0.1, -0.05) is 36.4 Å². The van der Waals surface area contributed by atoms with Crippen LogP contribution in [0.3, 0.4) is 0 Å². The van der Waals surface area contributed by atoms with Crippen molar-refractivity contribution >= 4 is 11.5 Å². The number of carbonyl (C=O) groups is 1. The molecule has 0 radical (unpaired) electrons. The molecule has 5 heteroatoms. The van der Waals surface area contributed by atoms with E-state index in [-0.39, 0.29) is 11.8 Å². The Kier molecular flexibility index (Phi) is 7.41. The van der Waals surface area contributed by atoms with Gasteiger partial charge in [0.1, 0.15) is 12.4 Å². The van der Waals surface area contributed by atoms with Crippen LogP contribution in [0.15, 0.2) is 60.4 Å². The van der Waals surface area contributed by atoms with Crippen LogP contribution in [0.5, 0.6) is 0 Å². The number of halogens is 1. The van der Waals surface area contributed by atoms with Gasteiger partial charge in [-0.25, -0.2) is 9.18 Å². The van der Waals surface area contributed by atoms with Crippen molar-refractivity contribution in [2.45, 2.75) is 20.3 Å². The maximum atomic E-state index is 13.6. The summed E-state index contributed by atoms with van der Waals surface area (Å²) in [5, 5.41) is 0. The Morgan fingerprint density at radius 1 is 1.13 bits per heavy atom. The Morgan fingerprint density at radius 3 is 2.63 bits per heavy atom. The standard InChI is InChI=1S/C25H28FNO3/c1-18-7-4-5-9-22(18)24(23-11-10-21(26)15-19(23)2)17-30-14-13-27-12-6-8-20(16-27)25(28)29-3/h4-5,7-11,15,17H,6,12-14,16H2,1-3H3. The van der Waals surface area contributed by atoms with Gasteiger partial charge in [0.15, 0.2) is 0 Å². The molecular weight excluding hydrogens is 381 g/mol. The molecule has 0 amide bonds. The topological polar surface area (TPSA) is 38.8 Å². The summed E-state index contributed by atoms with van der Waals surface area (Å²) in [5.41, 5.74) is 5.61. The average molecular weight is 410 g/mol. The first kappa shape index (κ1) is 21.8. The molecule has 0 spiro atoms. The number of esters is 1. The summed E-state index contributed by atoms with van der Waals surface area (Å²) in [6, 6.07) is 12.9. The van der Waals surface area contributed by atoms with Gasteiger partial charge in [0.05, 0.1) is 13.4 Å². The van der Waals surface area contributed by atoms with E-state index in [0.717, 1.165) is 40.8 Å². The highest BCUT2D eigenvalue weighted by atomic mass is 19.1. The van der Waals surface area contributed by atoms with Crippen molar-refractivity contribution in [1.29, 1.82) is 0 Å². The van der Waals surface area contributed by atoms with E-state index in [1.807, 2.05) is 31.2 Å². The van der Waals surface area contributed by atoms with Gasteiger partial charge < -0.3 is 9.47 Å². The van der Waals surface area contributed by atoms with Crippen LogP contribution in [0.4, 0.5) is 4.39 Å². The highest BCUT2D eigenvalue weighted by Gasteiger charge is 2.18. The Hall–Kier alpha value is -2.92. The van der Waals surface area contributed by atoms with Crippen LogP contribution in [0.2, 0.25) is 0 Å². The van der Waals surface area contributed by atoms with Gasteiger partial charge in [-0.15, -0.1) is 0 Å². The molecule has 0 aromatic heterocycles. The molecule has 4 nitrogen and oxygen atoms in total. The van der Waals surface area contributed by atoms with Crippen LogP contribution in [0.25, 0.3) is 5.57 Å². The summed E-state index contributed by atoms with van der Waals surface area (Å²) in [6.45, 7) is 6.60. The monoisotopic (exact) mass is 409 g/mol. The van der Waals surface area contributed by atoms with E-state index in [2.05, 4.69) is 17.9 Å². The molecule has 0 fully saturated rings. The van der Waals surface area contributed by atoms with E-state index >= 15 is 0 Å². The number of rotatable bonds is 7. The largest absolute Gasteiger partial charge is 0.499 e. The zero-order chi connectivity index (χ0) is 21.5. The number of methoxy groups -OCH3 is 1. The molecule has 1 heterocycles. The van der Waals surface area contributed by atoms with Crippen LogP contribution in [-0.2, 0) is 14.3 Å². The van der Waals surface area contributed by atoms with E-state index in [0.29, 0.717) is 25.3 Å². The Bertz CT molecular complexity index is 965. The van der Waals surface area contributed by atoms with Gasteiger partial charge in [0.25, 0.3) is 0 Å². The Morgan fingerprint density at radius 2 is 1.90 bits per heavy atom. The summed E-state index contributed by atoms with van der Waals surface area (Å²) in [6.07, 6.45) is 4.53. The molecular formula is C25H28FNO3. The fourth-order valence-electron chi connectivity index (χ4n) is 3.68. The average Bonchev–Trinajstić information content (AvgIpc) is 2.75. The number of carbonyl (C=O) groups excluding carboxylic acids is 1. The lowest BCUT2D eigenvalue weighted by Gasteiger charge is -2.25. The lowest BCUT2D eigenvalue weighted by molar-refractivity contribution is -0.136. The van der Waals surface area contributed by atoms with Gasteiger partial charge in [-0.2, -0.15) is 0 Å². The first-order chi connectivity index (χ1) is 14.5. The van der Waals surface area contributed by atoms with Crippen molar-refractivity contribution in [3.05, 3.63) is 88.4 Å². The third-order valence-electron chi connectivity index (χ3n) is 5.32. The van der Waals surface area contributed by atoms with Gasteiger partial charge >= 0.3 is 5.97 Å². The van der Waals surface area contributed by atoms with Crippen LogP contribution >= 0.6 is 0 Å².